The first kappa shape index (κ1) is 25.2. The maximum Gasteiger partial charge on any atom is 0.254 e. The number of aliphatic hydroxyl groups is 1. The number of pyridine rings is 2. The Bertz CT molecular complexity index is 1550. The number of aliphatic hydroxyl groups excluding tert-OH is 1. The van der Waals surface area contributed by atoms with Gasteiger partial charge in [0.1, 0.15) is 17.3 Å². The second kappa shape index (κ2) is 10.3. The van der Waals surface area contributed by atoms with Crippen molar-refractivity contribution in [3.8, 4) is 11.3 Å². The number of anilines is 3. The quantitative estimate of drug-likeness (QED) is 0.349. The highest BCUT2D eigenvalue weighted by Crippen LogP contribution is 2.36. The van der Waals surface area contributed by atoms with Crippen LogP contribution in [0.1, 0.15) is 21.6 Å². The molecule has 1 saturated heterocycles. The van der Waals surface area contributed by atoms with Gasteiger partial charge in [0.15, 0.2) is 0 Å². The number of hydrogen-bond acceptors (Lipinski definition) is 8. The number of imidazole rings is 1. The Morgan fingerprint density at radius 3 is 2.97 bits per heavy atom. The number of halogens is 1. The van der Waals surface area contributed by atoms with E-state index in [1.165, 1.54) is 12.1 Å². The zero-order valence-corrected chi connectivity index (χ0v) is 21.8. The van der Waals surface area contributed by atoms with Crippen molar-refractivity contribution in [2.45, 2.75) is 19.2 Å². The largest absolute Gasteiger partial charge is 0.389 e. The Morgan fingerprint density at radius 2 is 2.13 bits per heavy atom. The smallest absolute Gasteiger partial charge is 0.254 e. The lowest BCUT2D eigenvalue weighted by Crippen LogP contribution is -2.34. The van der Waals surface area contributed by atoms with Crippen LogP contribution in [0.5, 0.6) is 0 Å². The van der Waals surface area contributed by atoms with Crippen molar-refractivity contribution in [1.29, 1.82) is 0 Å². The number of amides is 1. The molecule has 1 amide bonds. The molecule has 202 valence electrons. The minimum Gasteiger partial charge on any atom is -0.389 e. The lowest BCUT2D eigenvalue weighted by molar-refractivity contribution is 0.0597. The fraction of sp³-hybridized carbons (Fsp3) is 0.321. The summed E-state index contributed by atoms with van der Waals surface area (Å²) in [7, 11) is 3.97. The molecule has 6 rings (SSSR count). The Morgan fingerprint density at radius 1 is 1.26 bits per heavy atom. The van der Waals surface area contributed by atoms with Gasteiger partial charge >= 0.3 is 0 Å². The van der Waals surface area contributed by atoms with E-state index < -0.39 is 6.10 Å². The van der Waals surface area contributed by atoms with Crippen molar-refractivity contribution in [2.24, 2.45) is 0 Å². The van der Waals surface area contributed by atoms with Gasteiger partial charge in [0, 0.05) is 44.0 Å². The van der Waals surface area contributed by atoms with Gasteiger partial charge in [-0.3, -0.25) is 9.20 Å². The van der Waals surface area contributed by atoms with Crippen molar-refractivity contribution in [1.82, 2.24) is 24.6 Å². The molecule has 5 heterocycles. The molecule has 0 radical (unpaired) electrons. The highest BCUT2D eigenvalue weighted by atomic mass is 19.1. The molecule has 1 atom stereocenters. The number of fused-ring (bicyclic) bond motifs is 2. The second-order valence-electron chi connectivity index (χ2n) is 10.1. The SMILES string of the molecule is CN(C)Cc1nc(Nc2ccc(-c3cnc4cc(F)ccn34)c3c2C(=O)NC3)ccc1N1CCOCC(O)C1. The van der Waals surface area contributed by atoms with Gasteiger partial charge in [-0.05, 0) is 43.9 Å². The maximum atomic E-state index is 13.7. The maximum absolute atomic E-state index is 13.7. The van der Waals surface area contributed by atoms with Crippen molar-refractivity contribution >= 4 is 28.7 Å². The highest BCUT2D eigenvalue weighted by molar-refractivity contribution is 6.06. The average Bonchev–Trinajstić information content (AvgIpc) is 3.42. The number of hydrogen-bond donors (Lipinski definition) is 3. The molecule has 11 heteroatoms. The van der Waals surface area contributed by atoms with Crippen molar-refractivity contribution in [3.63, 3.8) is 0 Å². The molecule has 2 aliphatic rings. The predicted octanol–water partition coefficient (Wildman–Crippen LogP) is 2.78. The Labute approximate surface area is 225 Å². The summed E-state index contributed by atoms with van der Waals surface area (Å²) in [5.41, 5.74) is 5.99. The summed E-state index contributed by atoms with van der Waals surface area (Å²) >= 11 is 0. The van der Waals surface area contributed by atoms with E-state index in [4.69, 9.17) is 9.72 Å². The predicted molar refractivity (Wildman–Crippen MR) is 146 cm³/mol. The summed E-state index contributed by atoms with van der Waals surface area (Å²) in [6.07, 6.45) is 2.77. The molecule has 1 fully saturated rings. The number of β-amino-alcohol motifs (C(OH)–C–C–N with tert-alkyl or cyclic N) is 1. The van der Waals surface area contributed by atoms with Crippen LogP contribution in [0.4, 0.5) is 21.6 Å². The van der Waals surface area contributed by atoms with Gasteiger partial charge in [0.2, 0.25) is 0 Å². The third-order valence-electron chi connectivity index (χ3n) is 6.98. The number of rotatable bonds is 6. The van der Waals surface area contributed by atoms with E-state index in [0.29, 0.717) is 62.1 Å². The van der Waals surface area contributed by atoms with E-state index in [1.54, 1.807) is 12.4 Å². The van der Waals surface area contributed by atoms with E-state index in [2.05, 4.69) is 20.5 Å². The third kappa shape index (κ3) is 4.91. The fourth-order valence-corrected chi connectivity index (χ4v) is 5.26. The van der Waals surface area contributed by atoms with E-state index in [-0.39, 0.29) is 11.7 Å². The van der Waals surface area contributed by atoms with Gasteiger partial charge in [-0.1, -0.05) is 6.07 Å². The first-order valence-electron chi connectivity index (χ1n) is 12.9. The fourth-order valence-electron chi connectivity index (χ4n) is 5.26. The Hall–Kier alpha value is -4.06. The van der Waals surface area contributed by atoms with Crippen LogP contribution in [0, 0.1) is 5.82 Å². The van der Waals surface area contributed by atoms with Gasteiger partial charge in [-0.25, -0.2) is 14.4 Å². The number of aromatic nitrogens is 3. The van der Waals surface area contributed by atoms with E-state index in [9.17, 15) is 14.3 Å². The summed E-state index contributed by atoms with van der Waals surface area (Å²) in [6, 6.07) is 10.5. The minimum atomic E-state index is -0.566. The molecule has 3 aromatic heterocycles. The number of ether oxygens (including phenoxy) is 1. The highest BCUT2D eigenvalue weighted by Gasteiger charge is 2.28. The molecule has 1 unspecified atom stereocenters. The lowest BCUT2D eigenvalue weighted by atomic mass is 9.99. The summed E-state index contributed by atoms with van der Waals surface area (Å²) in [5, 5.41) is 16.5. The van der Waals surface area contributed by atoms with E-state index in [0.717, 1.165) is 28.2 Å². The van der Waals surface area contributed by atoms with Crippen LogP contribution in [0.3, 0.4) is 0 Å². The topological polar surface area (TPSA) is 107 Å². The van der Waals surface area contributed by atoms with Crippen LogP contribution in [0.2, 0.25) is 0 Å². The standard InChI is InChI=1S/C28H30FN7O3/c1-34(2)15-22-23(35-9-10-39-16-18(37)14-35)5-6-25(33-22)32-21-4-3-19(20-12-31-28(38)27(20)21)24-13-30-26-11-17(29)7-8-36(24)26/h3-8,11,13,18,37H,9-10,12,14-16H2,1-2H3,(H,31,38)(H,32,33). The number of benzene rings is 1. The molecule has 0 aliphatic carbocycles. The molecule has 0 bridgehead atoms. The van der Waals surface area contributed by atoms with Crippen molar-refractivity contribution in [2.75, 3.05) is 50.6 Å². The third-order valence-corrected chi connectivity index (χ3v) is 6.98. The second-order valence-corrected chi connectivity index (χ2v) is 10.1. The van der Waals surface area contributed by atoms with Gasteiger partial charge in [-0.2, -0.15) is 0 Å². The molecule has 4 aromatic rings. The van der Waals surface area contributed by atoms with Crippen LogP contribution in [0.15, 0.2) is 48.8 Å². The van der Waals surface area contributed by atoms with Gasteiger partial charge in [0.05, 0.1) is 53.8 Å². The van der Waals surface area contributed by atoms with Crippen LogP contribution in [-0.2, 0) is 17.8 Å². The lowest BCUT2D eigenvalue weighted by Gasteiger charge is -2.27. The molecule has 1 aromatic carbocycles. The van der Waals surface area contributed by atoms with Crippen LogP contribution >= 0.6 is 0 Å². The van der Waals surface area contributed by atoms with Gasteiger partial charge in [-0.15, -0.1) is 0 Å². The van der Waals surface area contributed by atoms with E-state index in [1.807, 2.05) is 47.7 Å². The molecule has 3 N–H and O–H groups in total. The number of carbonyl (C=O) groups is 1. The average molecular weight is 532 g/mol. The molecule has 39 heavy (non-hydrogen) atoms. The molecular formula is C28H30FN7O3. The van der Waals surface area contributed by atoms with Crippen LogP contribution in [-0.4, -0.2) is 76.8 Å². The zero-order valence-electron chi connectivity index (χ0n) is 21.8. The summed E-state index contributed by atoms with van der Waals surface area (Å²) < 4.78 is 21.0. The molecule has 0 saturated carbocycles. The first-order chi connectivity index (χ1) is 18.9. The normalized spacial score (nSPS) is 17.4. The van der Waals surface area contributed by atoms with Crippen molar-refractivity contribution < 1.29 is 19.0 Å². The Balaban J connectivity index is 1.36. The summed E-state index contributed by atoms with van der Waals surface area (Å²) in [5.74, 6) is 0.0915. The van der Waals surface area contributed by atoms with Crippen LogP contribution in [0.25, 0.3) is 16.9 Å². The molecule has 2 aliphatic heterocycles. The number of carbonyl (C=O) groups excluding carboxylic acids is 1. The first-order valence-corrected chi connectivity index (χ1v) is 12.9. The molecule has 10 nitrogen and oxygen atoms in total. The summed E-state index contributed by atoms with van der Waals surface area (Å²) in [4.78, 5) is 26.4. The van der Waals surface area contributed by atoms with Gasteiger partial charge in [0.25, 0.3) is 5.91 Å². The molecular weight excluding hydrogens is 501 g/mol. The summed E-state index contributed by atoms with van der Waals surface area (Å²) in [6.45, 7) is 2.97. The Kier molecular flexibility index (Phi) is 6.63. The number of nitrogens with one attached hydrogen (secondary N) is 2. The van der Waals surface area contributed by atoms with E-state index >= 15 is 0 Å². The van der Waals surface area contributed by atoms with Gasteiger partial charge < -0.3 is 30.3 Å². The molecule has 0 spiro atoms. The monoisotopic (exact) mass is 531 g/mol. The van der Waals surface area contributed by atoms with Crippen LogP contribution < -0.4 is 15.5 Å². The van der Waals surface area contributed by atoms with Crippen molar-refractivity contribution in [3.05, 3.63) is 71.4 Å². The number of nitrogens with zero attached hydrogens (tertiary/aromatic N) is 5. The minimum absolute atomic E-state index is 0.169. The zero-order chi connectivity index (χ0) is 27.1.